The topological polar surface area (TPSA) is 93.5 Å². The average Bonchev–Trinajstić information content (AvgIpc) is 2.60. The van der Waals surface area contributed by atoms with Crippen LogP contribution in [0.1, 0.15) is 12.2 Å². The molecule has 104 valence electrons. The minimum atomic E-state index is -3.68. The van der Waals surface area contributed by atoms with E-state index in [0.717, 1.165) is 0 Å². The summed E-state index contributed by atoms with van der Waals surface area (Å²) >= 11 is 0. The number of aliphatic hydroxyl groups excluding tert-OH is 1. The normalized spacial score (nSPS) is 13.8. The van der Waals surface area contributed by atoms with E-state index in [1.807, 2.05) is 0 Å². The molecule has 0 aromatic carbocycles. The van der Waals surface area contributed by atoms with E-state index >= 15 is 0 Å². The molecule has 0 saturated carbocycles. The maximum atomic E-state index is 12.0. The van der Waals surface area contributed by atoms with Crippen molar-refractivity contribution in [2.24, 2.45) is 7.05 Å². The summed E-state index contributed by atoms with van der Waals surface area (Å²) in [5.41, 5.74) is 0. The minimum Gasteiger partial charge on any atom is -0.396 e. The Balaban J connectivity index is 2.85. The van der Waals surface area contributed by atoms with Gasteiger partial charge in [0.25, 0.3) is 10.0 Å². The van der Waals surface area contributed by atoms with E-state index in [4.69, 9.17) is 9.84 Å². The van der Waals surface area contributed by atoms with Gasteiger partial charge in [0.15, 0.2) is 5.03 Å². The summed E-state index contributed by atoms with van der Waals surface area (Å²) in [6, 6.07) is -0.465. The van der Waals surface area contributed by atoms with Crippen LogP contribution in [0.2, 0.25) is 0 Å². The molecule has 0 spiro atoms. The van der Waals surface area contributed by atoms with Crippen molar-refractivity contribution < 1.29 is 18.3 Å². The zero-order valence-corrected chi connectivity index (χ0v) is 11.6. The van der Waals surface area contributed by atoms with Crippen LogP contribution in [0, 0.1) is 6.92 Å². The van der Waals surface area contributed by atoms with E-state index in [-0.39, 0.29) is 18.2 Å². The summed E-state index contributed by atoms with van der Waals surface area (Å²) in [5, 5.41) is 8.84. The predicted octanol–water partition coefficient (Wildman–Crippen LogP) is -0.596. The van der Waals surface area contributed by atoms with Crippen LogP contribution in [-0.4, -0.2) is 49.4 Å². The SMILES string of the molecule is COCC(CCO)NS(=O)(=O)c1cn(C)c(C)n1. The maximum absolute atomic E-state index is 12.0. The molecule has 0 aliphatic carbocycles. The first-order valence-corrected chi connectivity index (χ1v) is 7.01. The molecule has 1 atom stereocenters. The summed E-state index contributed by atoms with van der Waals surface area (Å²) in [6.45, 7) is 1.81. The smallest absolute Gasteiger partial charge is 0.259 e. The van der Waals surface area contributed by atoms with Crippen LogP contribution in [-0.2, 0) is 21.8 Å². The quantitative estimate of drug-likeness (QED) is 0.694. The molecular weight excluding hydrogens is 258 g/mol. The van der Waals surface area contributed by atoms with Gasteiger partial charge in [-0.1, -0.05) is 0 Å². The van der Waals surface area contributed by atoms with Crippen LogP contribution in [0.25, 0.3) is 0 Å². The molecule has 0 aliphatic heterocycles. The molecule has 0 amide bonds. The molecule has 1 aromatic rings. The summed E-state index contributed by atoms with van der Waals surface area (Å²) in [5.74, 6) is 0.612. The zero-order chi connectivity index (χ0) is 13.8. The van der Waals surface area contributed by atoms with E-state index < -0.39 is 16.1 Å². The number of imidazole rings is 1. The fourth-order valence-electron chi connectivity index (χ4n) is 1.47. The fourth-order valence-corrected chi connectivity index (χ4v) is 2.76. The Morgan fingerprint density at radius 2 is 2.28 bits per heavy atom. The number of nitrogens with one attached hydrogen (secondary N) is 1. The minimum absolute atomic E-state index is 0.0263. The Kier molecular flexibility index (Phi) is 5.27. The highest BCUT2D eigenvalue weighted by molar-refractivity contribution is 7.89. The third-order valence-electron chi connectivity index (χ3n) is 2.53. The molecule has 1 rings (SSSR count). The Bertz CT molecular complexity index is 458. The highest BCUT2D eigenvalue weighted by Crippen LogP contribution is 2.09. The first-order valence-electron chi connectivity index (χ1n) is 5.52. The van der Waals surface area contributed by atoms with Gasteiger partial charge in [0, 0.05) is 33.0 Å². The molecule has 7 nitrogen and oxygen atoms in total. The third kappa shape index (κ3) is 3.77. The lowest BCUT2D eigenvalue weighted by Gasteiger charge is -2.15. The van der Waals surface area contributed by atoms with Crippen LogP contribution in [0.5, 0.6) is 0 Å². The van der Waals surface area contributed by atoms with Gasteiger partial charge in [-0.15, -0.1) is 0 Å². The zero-order valence-electron chi connectivity index (χ0n) is 10.8. The van der Waals surface area contributed by atoms with E-state index in [9.17, 15) is 8.42 Å². The number of hydrogen-bond acceptors (Lipinski definition) is 5. The molecular formula is C10H19N3O4S. The number of aromatic nitrogens is 2. The number of aryl methyl sites for hydroxylation is 2. The van der Waals surface area contributed by atoms with Crippen molar-refractivity contribution in [2.75, 3.05) is 20.3 Å². The van der Waals surface area contributed by atoms with Crippen molar-refractivity contribution >= 4 is 10.0 Å². The number of aliphatic hydroxyl groups is 1. The molecule has 0 radical (unpaired) electrons. The number of nitrogens with zero attached hydrogens (tertiary/aromatic N) is 2. The fraction of sp³-hybridized carbons (Fsp3) is 0.700. The van der Waals surface area contributed by atoms with Crippen LogP contribution in [0.15, 0.2) is 11.2 Å². The number of ether oxygens (including phenoxy) is 1. The van der Waals surface area contributed by atoms with Gasteiger partial charge in [0.2, 0.25) is 0 Å². The van der Waals surface area contributed by atoms with E-state index in [2.05, 4.69) is 9.71 Å². The summed E-state index contributed by atoms with van der Waals surface area (Å²) < 4.78 is 33.1. The molecule has 0 fully saturated rings. The van der Waals surface area contributed by atoms with Crippen LogP contribution in [0.3, 0.4) is 0 Å². The highest BCUT2D eigenvalue weighted by atomic mass is 32.2. The van der Waals surface area contributed by atoms with Gasteiger partial charge >= 0.3 is 0 Å². The van der Waals surface area contributed by atoms with Gasteiger partial charge in [-0.3, -0.25) is 0 Å². The molecule has 1 heterocycles. The second-order valence-corrected chi connectivity index (χ2v) is 5.68. The van der Waals surface area contributed by atoms with E-state index in [1.54, 1.807) is 18.5 Å². The molecule has 1 unspecified atom stereocenters. The molecule has 8 heteroatoms. The molecule has 1 aromatic heterocycles. The van der Waals surface area contributed by atoms with Crippen LogP contribution < -0.4 is 4.72 Å². The van der Waals surface area contributed by atoms with Gasteiger partial charge in [0.1, 0.15) is 5.82 Å². The maximum Gasteiger partial charge on any atom is 0.259 e. The van der Waals surface area contributed by atoms with Gasteiger partial charge in [-0.2, -0.15) is 0 Å². The second-order valence-electron chi connectivity index (χ2n) is 4.02. The molecule has 0 saturated heterocycles. The summed E-state index contributed by atoms with van der Waals surface area (Å²) in [7, 11) is -0.479. The molecule has 18 heavy (non-hydrogen) atoms. The number of rotatable bonds is 7. The Morgan fingerprint density at radius 1 is 1.61 bits per heavy atom. The van der Waals surface area contributed by atoms with E-state index in [1.165, 1.54) is 13.3 Å². The van der Waals surface area contributed by atoms with E-state index in [0.29, 0.717) is 12.2 Å². The standard InChI is InChI=1S/C10H19N3O4S/c1-8-11-10(6-13(8)2)18(15,16)12-9(4-5-14)7-17-3/h6,9,12,14H,4-5,7H2,1-3H3. The Morgan fingerprint density at radius 3 is 2.72 bits per heavy atom. The molecule has 2 N–H and O–H groups in total. The second kappa shape index (κ2) is 6.28. The van der Waals surface area contributed by atoms with Crippen molar-refractivity contribution in [2.45, 2.75) is 24.4 Å². The summed E-state index contributed by atoms with van der Waals surface area (Å²) in [4.78, 5) is 3.96. The summed E-state index contributed by atoms with van der Waals surface area (Å²) in [6.07, 6.45) is 1.74. The van der Waals surface area contributed by atoms with Crippen molar-refractivity contribution in [1.82, 2.24) is 14.3 Å². The van der Waals surface area contributed by atoms with Gasteiger partial charge in [0.05, 0.1) is 6.61 Å². The lowest BCUT2D eigenvalue weighted by atomic mass is 10.2. The largest absolute Gasteiger partial charge is 0.396 e. The number of hydrogen-bond donors (Lipinski definition) is 2. The predicted molar refractivity (Wildman–Crippen MR) is 65.6 cm³/mol. The highest BCUT2D eigenvalue weighted by Gasteiger charge is 2.22. The Hall–Kier alpha value is -0.960. The van der Waals surface area contributed by atoms with Gasteiger partial charge in [-0.05, 0) is 13.3 Å². The van der Waals surface area contributed by atoms with Gasteiger partial charge < -0.3 is 14.4 Å². The monoisotopic (exact) mass is 277 g/mol. The van der Waals surface area contributed by atoms with Crippen molar-refractivity contribution in [3.8, 4) is 0 Å². The van der Waals surface area contributed by atoms with Crippen LogP contribution >= 0.6 is 0 Å². The first-order chi connectivity index (χ1) is 8.40. The lowest BCUT2D eigenvalue weighted by molar-refractivity contribution is 0.158. The van der Waals surface area contributed by atoms with Crippen molar-refractivity contribution in [1.29, 1.82) is 0 Å². The van der Waals surface area contributed by atoms with Crippen molar-refractivity contribution in [3.05, 3.63) is 12.0 Å². The lowest BCUT2D eigenvalue weighted by Crippen LogP contribution is -2.38. The average molecular weight is 277 g/mol. The number of methoxy groups -OCH3 is 1. The molecule has 0 aliphatic rings. The van der Waals surface area contributed by atoms with Crippen molar-refractivity contribution in [3.63, 3.8) is 0 Å². The molecule has 0 bridgehead atoms. The van der Waals surface area contributed by atoms with Gasteiger partial charge in [-0.25, -0.2) is 18.1 Å². The third-order valence-corrected chi connectivity index (χ3v) is 3.92. The Labute approximate surface area is 107 Å². The van der Waals surface area contributed by atoms with Crippen LogP contribution in [0.4, 0.5) is 0 Å². The first kappa shape index (κ1) is 15.1. The number of sulfonamides is 1.